The summed E-state index contributed by atoms with van der Waals surface area (Å²) in [6.07, 6.45) is 3.02. The predicted octanol–water partition coefficient (Wildman–Crippen LogP) is 1.05. The van der Waals surface area contributed by atoms with Crippen molar-refractivity contribution in [1.29, 1.82) is 0 Å². The summed E-state index contributed by atoms with van der Waals surface area (Å²) in [6.45, 7) is 7.05. The number of piperidine rings is 1. The Morgan fingerprint density at radius 1 is 1.38 bits per heavy atom. The summed E-state index contributed by atoms with van der Waals surface area (Å²) in [5.74, 6) is 0.609. The van der Waals surface area contributed by atoms with Gasteiger partial charge in [-0.2, -0.15) is 0 Å². The number of hydrogen-bond donors (Lipinski definition) is 1. The molecular weight excluding hydrogens is 224 g/mol. The van der Waals surface area contributed by atoms with Crippen molar-refractivity contribution in [3.63, 3.8) is 0 Å². The molecule has 1 aliphatic rings. The van der Waals surface area contributed by atoms with Crippen molar-refractivity contribution in [3.05, 3.63) is 0 Å². The summed E-state index contributed by atoms with van der Waals surface area (Å²) in [5, 5.41) is 3.26. The Labute approximate surface area is 99.5 Å². The summed E-state index contributed by atoms with van der Waals surface area (Å²) in [7, 11) is -3.04. The molecule has 1 saturated heterocycles. The maximum Gasteiger partial charge on any atom is 0.214 e. The third-order valence-electron chi connectivity index (χ3n) is 3.06. The standard InChI is InChI=1S/C11H24N2O2S/c1-3-8-13(4-2)16(14,15)10-11-6-5-7-12-9-11/h11-12H,3-10H2,1-2H3. The van der Waals surface area contributed by atoms with Crippen LogP contribution in [0.3, 0.4) is 0 Å². The van der Waals surface area contributed by atoms with Crippen molar-refractivity contribution < 1.29 is 8.42 Å². The van der Waals surface area contributed by atoms with Gasteiger partial charge < -0.3 is 5.32 Å². The summed E-state index contributed by atoms with van der Waals surface area (Å²) in [5.41, 5.74) is 0. The van der Waals surface area contributed by atoms with Crippen molar-refractivity contribution >= 4 is 10.0 Å². The molecule has 5 heteroatoms. The van der Waals surface area contributed by atoms with Crippen LogP contribution in [-0.2, 0) is 10.0 Å². The molecule has 0 saturated carbocycles. The lowest BCUT2D eigenvalue weighted by Crippen LogP contribution is -2.40. The largest absolute Gasteiger partial charge is 0.316 e. The smallest absolute Gasteiger partial charge is 0.214 e. The number of hydrogen-bond acceptors (Lipinski definition) is 3. The fraction of sp³-hybridized carbons (Fsp3) is 1.00. The molecule has 1 unspecified atom stereocenters. The second kappa shape index (κ2) is 6.57. The summed E-state index contributed by atoms with van der Waals surface area (Å²) < 4.78 is 25.8. The van der Waals surface area contributed by atoms with Gasteiger partial charge in [0.25, 0.3) is 0 Å². The quantitative estimate of drug-likeness (QED) is 0.764. The van der Waals surface area contributed by atoms with Gasteiger partial charge in [-0.1, -0.05) is 13.8 Å². The van der Waals surface area contributed by atoms with Crippen LogP contribution in [0, 0.1) is 5.92 Å². The lowest BCUT2D eigenvalue weighted by atomic mass is 10.0. The van der Waals surface area contributed by atoms with Gasteiger partial charge in [-0.15, -0.1) is 0 Å². The van der Waals surface area contributed by atoms with Gasteiger partial charge in [-0.3, -0.25) is 0 Å². The lowest BCUT2D eigenvalue weighted by molar-refractivity contribution is 0.382. The summed E-state index contributed by atoms with van der Waals surface area (Å²) >= 11 is 0. The fourth-order valence-corrected chi connectivity index (χ4v) is 4.16. The van der Waals surface area contributed by atoms with Crippen LogP contribution in [-0.4, -0.2) is 44.7 Å². The predicted molar refractivity (Wildman–Crippen MR) is 66.9 cm³/mol. The van der Waals surface area contributed by atoms with Crippen LogP contribution < -0.4 is 5.32 Å². The molecular formula is C11H24N2O2S. The molecule has 1 heterocycles. The molecule has 0 aromatic carbocycles. The Morgan fingerprint density at radius 3 is 2.62 bits per heavy atom. The third kappa shape index (κ3) is 4.03. The minimum Gasteiger partial charge on any atom is -0.316 e. The molecule has 4 nitrogen and oxygen atoms in total. The van der Waals surface area contributed by atoms with Crippen LogP contribution in [0.5, 0.6) is 0 Å². The zero-order valence-corrected chi connectivity index (χ0v) is 11.2. The molecule has 0 aromatic heterocycles. The molecule has 1 atom stereocenters. The summed E-state index contributed by atoms with van der Waals surface area (Å²) in [6, 6.07) is 0. The molecule has 0 spiro atoms. The second-order valence-electron chi connectivity index (χ2n) is 4.48. The second-order valence-corrected chi connectivity index (χ2v) is 6.50. The zero-order valence-electron chi connectivity index (χ0n) is 10.4. The van der Waals surface area contributed by atoms with E-state index in [-0.39, 0.29) is 0 Å². The zero-order chi connectivity index (χ0) is 12.0. The van der Waals surface area contributed by atoms with Gasteiger partial charge >= 0.3 is 0 Å². The van der Waals surface area contributed by atoms with Crippen molar-refractivity contribution in [2.24, 2.45) is 5.92 Å². The normalized spacial score (nSPS) is 22.6. The topological polar surface area (TPSA) is 49.4 Å². The van der Waals surface area contributed by atoms with Gasteiger partial charge in [0.15, 0.2) is 0 Å². The van der Waals surface area contributed by atoms with Crippen LogP contribution in [0.2, 0.25) is 0 Å². The minimum atomic E-state index is -3.04. The van der Waals surface area contributed by atoms with E-state index in [0.717, 1.165) is 32.4 Å². The van der Waals surface area contributed by atoms with Gasteiger partial charge in [-0.25, -0.2) is 12.7 Å². The van der Waals surface area contributed by atoms with Gasteiger partial charge in [0.1, 0.15) is 0 Å². The van der Waals surface area contributed by atoms with E-state index in [4.69, 9.17) is 0 Å². The van der Waals surface area contributed by atoms with E-state index in [2.05, 4.69) is 5.32 Å². The first-order chi connectivity index (χ1) is 7.60. The molecule has 0 bridgehead atoms. The molecule has 0 radical (unpaired) electrons. The van der Waals surface area contributed by atoms with Crippen molar-refractivity contribution in [1.82, 2.24) is 9.62 Å². The number of nitrogens with one attached hydrogen (secondary N) is 1. The van der Waals surface area contributed by atoms with Crippen LogP contribution >= 0.6 is 0 Å². The Morgan fingerprint density at radius 2 is 2.12 bits per heavy atom. The number of sulfonamides is 1. The molecule has 96 valence electrons. The van der Waals surface area contributed by atoms with Crippen LogP contribution in [0.4, 0.5) is 0 Å². The first-order valence-electron chi connectivity index (χ1n) is 6.28. The molecule has 1 fully saturated rings. The maximum atomic E-state index is 12.1. The highest BCUT2D eigenvalue weighted by Gasteiger charge is 2.25. The van der Waals surface area contributed by atoms with Crippen LogP contribution in [0.25, 0.3) is 0 Å². The molecule has 1 aliphatic heterocycles. The Balaban J connectivity index is 2.54. The van der Waals surface area contributed by atoms with E-state index in [1.807, 2.05) is 13.8 Å². The van der Waals surface area contributed by atoms with E-state index >= 15 is 0 Å². The monoisotopic (exact) mass is 248 g/mol. The molecule has 0 aliphatic carbocycles. The molecule has 1 N–H and O–H groups in total. The van der Waals surface area contributed by atoms with Crippen molar-refractivity contribution in [3.8, 4) is 0 Å². The summed E-state index contributed by atoms with van der Waals surface area (Å²) in [4.78, 5) is 0. The highest BCUT2D eigenvalue weighted by molar-refractivity contribution is 7.89. The average Bonchev–Trinajstić information content (AvgIpc) is 2.26. The first-order valence-corrected chi connectivity index (χ1v) is 7.89. The first kappa shape index (κ1) is 13.9. The van der Waals surface area contributed by atoms with E-state index in [0.29, 0.717) is 24.8 Å². The van der Waals surface area contributed by atoms with Crippen LogP contribution in [0.1, 0.15) is 33.1 Å². The van der Waals surface area contributed by atoms with Crippen molar-refractivity contribution in [2.75, 3.05) is 31.9 Å². The highest BCUT2D eigenvalue weighted by atomic mass is 32.2. The minimum absolute atomic E-state index is 0.296. The third-order valence-corrected chi connectivity index (χ3v) is 5.18. The van der Waals surface area contributed by atoms with E-state index < -0.39 is 10.0 Å². The van der Waals surface area contributed by atoms with Gasteiger partial charge in [0, 0.05) is 13.1 Å². The number of rotatable bonds is 6. The lowest BCUT2D eigenvalue weighted by Gasteiger charge is -2.26. The molecule has 16 heavy (non-hydrogen) atoms. The van der Waals surface area contributed by atoms with E-state index in [9.17, 15) is 8.42 Å². The Hall–Kier alpha value is -0.130. The SMILES string of the molecule is CCCN(CC)S(=O)(=O)CC1CCCNC1. The van der Waals surface area contributed by atoms with Gasteiger partial charge in [0.05, 0.1) is 5.75 Å². The maximum absolute atomic E-state index is 12.1. The Kier molecular flexibility index (Phi) is 5.72. The Bertz CT molecular complexity index is 284. The molecule has 0 amide bonds. The molecule has 0 aromatic rings. The van der Waals surface area contributed by atoms with Gasteiger partial charge in [-0.05, 0) is 38.3 Å². The van der Waals surface area contributed by atoms with E-state index in [1.165, 1.54) is 0 Å². The number of nitrogens with zero attached hydrogens (tertiary/aromatic N) is 1. The van der Waals surface area contributed by atoms with Gasteiger partial charge in [0.2, 0.25) is 10.0 Å². The average molecular weight is 248 g/mol. The van der Waals surface area contributed by atoms with Crippen LogP contribution in [0.15, 0.2) is 0 Å². The fourth-order valence-electron chi connectivity index (χ4n) is 2.21. The van der Waals surface area contributed by atoms with Crippen molar-refractivity contribution in [2.45, 2.75) is 33.1 Å². The highest BCUT2D eigenvalue weighted by Crippen LogP contribution is 2.15. The van der Waals surface area contributed by atoms with E-state index in [1.54, 1.807) is 4.31 Å². The molecule has 1 rings (SSSR count).